The van der Waals surface area contributed by atoms with Crippen molar-refractivity contribution >= 4 is 50.7 Å². The topological polar surface area (TPSA) is 137 Å². The number of carbonyl (C=O) groups is 3. The molecule has 0 spiro atoms. The second-order valence-electron chi connectivity index (χ2n) is 9.12. The number of halogens is 1. The van der Waals surface area contributed by atoms with E-state index in [2.05, 4.69) is 31.5 Å². The van der Waals surface area contributed by atoms with E-state index in [0.717, 1.165) is 11.3 Å². The highest BCUT2D eigenvalue weighted by molar-refractivity contribution is 9.10. The normalized spacial score (nSPS) is 16.8. The van der Waals surface area contributed by atoms with E-state index in [1.165, 1.54) is 7.11 Å². The fourth-order valence-electron chi connectivity index (χ4n) is 4.86. The van der Waals surface area contributed by atoms with Crippen molar-refractivity contribution in [1.82, 2.24) is 20.1 Å². The van der Waals surface area contributed by atoms with Crippen LogP contribution in [0.1, 0.15) is 24.0 Å². The molecular weight excluding hydrogens is 546 g/mol. The second-order valence-corrected chi connectivity index (χ2v) is 9.97. The molecular formula is C25H26BrN5O6. The molecule has 2 aliphatic heterocycles. The smallest absolute Gasteiger partial charge is 0.417 e. The third kappa shape index (κ3) is 5.19. The number of likely N-dealkylation sites (tertiary alicyclic amines) is 1. The maximum absolute atomic E-state index is 13.1. The number of aromatic nitrogens is 1. The zero-order valence-electron chi connectivity index (χ0n) is 20.1. The molecule has 5 rings (SSSR count). The number of aromatic amines is 1. The number of fused-ring (bicyclic) bond motifs is 2. The molecule has 3 heterocycles. The molecule has 0 radical (unpaired) electrons. The molecule has 1 atom stereocenters. The van der Waals surface area contributed by atoms with Gasteiger partial charge in [0.2, 0.25) is 0 Å². The number of ether oxygens (including phenoxy) is 1. The number of urea groups is 2. The van der Waals surface area contributed by atoms with Gasteiger partial charge in [0.05, 0.1) is 12.6 Å². The molecule has 1 fully saturated rings. The molecule has 0 aliphatic carbocycles. The molecule has 2 aromatic carbocycles. The van der Waals surface area contributed by atoms with Crippen LogP contribution in [0, 0.1) is 0 Å². The maximum atomic E-state index is 13.1. The third-order valence-corrected chi connectivity index (χ3v) is 7.59. The van der Waals surface area contributed by atoms with Crippen LogP contribution in [-0.4, -0.2) is 65.1 Å². The molecule has 1 aromatic heterocycles. The predicted molar refractivity (Wildman–Crippen MR) is 138 cm³/mol. The minimum atomic E-state index is -0.945. The van der Waals surface area contributed by atoms with Crippen molar-refractivity contribution in [3.8, 4) is 0 Å². The summed E-state index contributed by atoms with van der Waals surface area (Å²) in [5.41, 5.74) is 3.43. The molecule has 1 saturated heterocycles. The van der Waals surface area contributed by atoms with Gasteiger partial charge in [-0.05, 0) is 42.2 Å². The van der Waals surface area contributed by atoms with Crippen molar-refractivity contribution in [3.05, 3.63) is 62.5 Å². The number of esters is 1. The van der Waals surface area contributed by atoms with E-state index in [1.54, 1.807) is 17.0 Å². The van der Waals surface area contributed by atoms with Crippen molar-refractivity contribution in [2.24, 2.45) is 0 Å². The average Bonchev–Trinajstić information content (AvgIpc) is 3.26. The number of hydrogen-bond donors (Lipinski definition) is 3. The summed E-state index contributed by atoms with van der Waals surface area (Å²) < 4.78 is 10.7. The molecule has 2 aliphatic rings. The van der Waals surface area contributed by atoms with E-state index in [1.807, 2.05) is 29.2 Å². The SMILES string of the molecule is COC(=O)[C@@H](Cc1cc2oc(=O)[nH]c2cc1Br)NC(=O)N1CCC(N2Cc3ccccc3NC2=O)CC1. The van der Waals surface area contributed by atoms with Gasteiger partial charge in [-0.3, -0.25) is 4.98 Å². The van der Waals surface area contributed by atoms with Crippen molar-refractivity contribution < 1.29 is 23.5 Å². The minimum Gasteiger partial charge on any atom is -0.467 e. The van der Waals surface area contributed by atoms with Gasteiger partial charge in [0.15, 0.2) is 5.58 Å². The Hall–Kier alpha value is -3.80. The first-order valence-electron chi connectivity index (χ1n) is 11.9. The summed E-state index contributed by atoms with van der Waals surface area (Å²) in [5, 5.41) is 5.72. The number of piperidine rings is 1. The minimum absolute atomic E-state index is 0.00694. The summed E-state index contributed by atoms with van der Waals surface area (Å²) in [7, 11) is 1.26. The van der Waals surface area contributed by atoms with E-state index in [0.29, 0.717) is 53.6 Å². The van der Waals surface area contributed by atoms with Gasteiger partial charge in [-0.2, -0.15) is 0 Å². The average molecular weight is 572 g/mol. The van der Waals surface area contributed by atoms with Gasteiger partial charge in [-0.15, -0.1) is 0 Å². The van der Waals surface area contributed by atoms with E-state index in [9.17, 15) is 19.2 Å². The summed E-state index contributed by atoms with van der Waals surface area (Å²) >= 11 is 3.45. The number of nitrogens with zero attached hydrogens (tertiary/aromatic N) is 2. The monoisotopic (exact) mass is 571 g/mol. The fraction of sp³-hybridized carbons (Fsp3) is 0.360. The number of hydrogen-bond acceptors (Lipinski definition) is 6. The Kier molecular flexibility index (Phi) is 6.92. The molecule has 3 N–H and O–H groups in total. The molecule has 3 aromatic rings. The van der Waals surface area contributed by atoms with Crippen LogP contribution in [0.25, 0.3) is 11.1 Å². The quantitative estimate of drug-likeness (QED) is 0.402. The van der Waals surface area contributed by atoms with Crippen LogP contribution in [0.15, 0.2) is 50.1 Å². The molecule has 0 bridgehead atoms. The Balaban J connectivity index is 1.22. The van der Waals surface area contributed by atoms with Crippen LogP contribution >= 0.6 is 15.9 Å². The lowest BCUT2D eigenvalue weighted by Gasteiger charge is -2.40. The number of para-hydroxylation sites is 1. The van der Waals surface area contributed by atoms with Crippen LogP contribution in [0.2, 0.25) is 0 Å². The highest BCUT2D eigenvalue weighted by Gasteiger charge is 2.33. The van der Waals surface area contributed by atoms with Crippen LogP contribution < -0.4 is 16.4 Å². The number of carbonyl (C=O) groups excluding carboxylic acids is 3. The number of benzene rings is 2. The zero-order chi connectivity index (χ0) is 26.1. The Bertz CT molecular complexity index is 1410. The summed E-state index contributed by atoms with van der Waals surface area (Å²) in [6.45, 7) is 1.42. The lowest BCUT2D eigenvalue weighted by molar-refractivity contribution is -0.142. The van der Waals surface area contributed by atoms with E-state index in [-0.39, 0.29) is 24.5 Å². The van der Waals surface area contributed by atoms with Crippen LogP contribution in [0.5, 0.6) is 0 Å². The zero-order valence-corrected chi connectivity index (χ0v) is 21.7. The van der Waals surface area contributed by atoms with Crippen molar-refractivity contribution in [2.45, 2.75) is 37.9 Å². The molecule has 37 heavy (non-hydrogen) atoms. The van der Waals surface area contributed by atoms with Gasteiger partial charge >= 0.3 is 23.8 Å². The van der Waals surface area contributed by atoms with Crippen LogP contribution in [-0.2, 0) is 22.5 Å². The molecule has 4 amide bonds. The summed E-state index contributed by atoms with van der Waals surface area (Å²) in [6.07, 6.45) is 1.38. The maximum Gasteiger partial charge on any atom is 0.417 e. The molecule has 12 heteroatoms. The Morgan fingerprint density at radius 3 is 2.73 bits per heavy atom. The third-order valence-electron chi connectivity index (χ3n) is 6.85. The lowest BCUT2D eigenvalue weighted by Crippen LogP contribution is -2.54. The first-order chi connectivity index (χ1) is 17.8. The highest BCUT2D eigenvalue weighted by atomic mass is 79.9. The Morgan fingerprint density at radius 1 is 1.22 bits per heavy atom. The van der Waals surface area contributed by atoms with Gasteiger partial charge in [0.1, 0.15) is 6.04 Å². The Morgan fingerprint density at radius 2 is 1.97 bits per heavy atom. The molecule has 11 nitrogen and oxygen atoms in total. The van der Waals surface area contributed by atoms with E-state index in [4.69, 9.17) is 9.15 Å². The largest absolute Gasteiger partial charge is 0.467 e. The highest BCUT2D eigenvalue weighted by Crippen LogP contribution is 2.28. The van der Waals surface area contributed by atoms with E-state index >= 15 is 0 Å². The summed E-state index contributed by atoms with van der Waals surface area (Å²) in [4.78, 5) is 55.8. The van der Waals surface area contributed by atoms with Gasteiger partial charge < -0.3 is 29.6 Å². The van der Waals surface area contributed by atoms with Gasteiger partial charge in [-0.25, -0.2) is 19.2 Å². The lowest BCUT2D eigenvalue weighted by atomic mass is 10.0. The first kappa shape index (κ1) is 24.9. The van der Waals surface area contributed by atoms with Crippen LogP contribution in [0.4, 0.5) is 15.3 Å². The van der Waals surface area contributed by atoms with Gasteiger partial charge in [-0.1, -0.05) is 34.1 Å². The van der Waals surface area contributed by atoms with Crippen LogP contribution in [0.3, 0.4) is 0 Å². The molecule has 0 saturated carbocycles. The second kappa shape index (κ2) is 10.3. The number of rotatable bonds is 5. The number of anilines is 1. The predicted octanol–water partition coefficient (Wildman–Crippen LogP) is 3.19. The number of amides is 4. The van der Waals surface area contributed by atoms with E-state index < -0.39 is 17.8 Å². The van der Waals surface area contributed by atoms with Gasteiger partial charge in [0, 0.05) is 42.3 Å². The summed E-state index contributed by atoms with van der Waals surface area (Å²) in [6, 6.07) is 9.61. The van der Waals surface area contributed by atoms with Crippen molar-refractivity contribution in [3.63, 3.8) is 0 Å². The molecule has 0 unspecified atom stereocenters. The number of H-pyrrole nitrogens is 1. The fourth-order valence-corrected chi connectivity index (χ4v) is 5.37. The standard InChI is InChI=1S/C25H26BrN5O6/c1-36-22(32)20(10-15-11-21-19(12-17(15)26)29-25(35)37-21)28-23(33)30-8-6-16(7-9-30)31-13-14-4-2-3-5-18(14)27-24(31)34/h2-5,11-12,16,20H,6-10,13H2,1H3,(H,27,34)(H,28,33)(H,29,35)/t20-/m1/s1. The Labute approximate surface area is 220 Å². The molecule has 194 valence electrons. The first-order valence-corrected chi connectivity index (χ1v) is 12.7. The number of methoxy groups -OCH3 is 1. The van der Waals surface area contributed by atoms with Crippen molar-refractivity contribution in [2.75, 3.05) is 25.5 Å². The van der Waals surface area contributed by atoms with Crippen molar-refractivity contribution in [1.29, 1.82) is 0 Å². The van der Waals surface area contributed by atoms with Gasteiger partial charge in [0.25, 0.3) is 0 Å². The number of oxazole rings is 1. The summed E-state index contributed by atoms with van der Waals surface area (Å²) in [5.74, 6) is -1.17. The number of nitrogens with one attached hydrogen (secondary N) is 3.